The molecule has 2 atom stereocenters. The molecule has 2 rings (SSSR count). The average molecular weight is 410 g/mol. The van der Waals surface area contributed by atoms with Gasteiger partial charge in [-0.15, -0.1) is 20.2 Å². The van der Waals surface area contributed by atoms with Gasteiger partial charge >= 0.3 is 0 Å². The maximum absolute atomic E-state index is 11.3. The van der Waals surface area contributed by atoms with Gasteiger partial charge in [0.2, 0.25) is 0 Å². The van der Waals surface area contributed by atoms with E-state index in [1.165, 1.54) is 0 Å². The first kappa shape index (κ1) is 22.4. The molecule has 14 nitrogen and oxygen atoms in total. The molecular formula is C14H26N4O10. The first-order chi connectivity index (χ1) is 13.3. The molecule has 0 bridgehead atoms. The van der Waals surface area contributed by atoms with Crippen molar-refractivity contribution in [3.05, 3.63) is 30.6 Å². The zero-order valence-corrected chi connectivity index (χ0v) is 15.4. The van der Waals surface area contributed by atoms with E-state index < -0.39 is 22.4 Å². The fourth-order valence-electron chi connectivity index (χ4n) is 3.25. The molecule has 28 heavy (non-hydrogen) atoms. The van der Waals surface area contributed by atoms with Crippen LogP contribution in [-0.4, -0.2) is 74.0 Å². The Bertz CT molecular complexity index is 453. The predicted molar refractivity (Wildman–Crippen MR) is 89.8 cm³/mol. The van der Waals surface area contributed by atoms with Gasteiger partial charge in [0.1, 0.15) is 0 Å². The van der Waals surface area contributed by atoms with Crippen molar-refractivity contribution in [1.82, 2.24) is 0 Å². The maximum atomic E-state index is 11.3. The summed E-state index contributed by atoms with van der Waals surface area (Å²) in [5.41, 5.74) is 0. The molecule has 0 amide bonds. The second-order valence-corrected chi connectivity index (χ2v) is 6.88. The molecule has 0 saturated carbocycles. The van der Waals surface area contributed by atoms with Gasteiger partial charge in [-0.25, -0.2) is 0 Å². The van der Waals surface area contributed by atoms with Crippen molar-refractivity contribution in [1.29, 1.82) is 0 Å². The van der Waals surface area contributed by atoms with E-state index in [1.807, 2.05) is 0 Å². The van der Waals surface area contributed by atoms with Gasteiger partial charge in [-0.1, -0.05) is 0 Å². The minimum atomic E-state index is -1.37. The number of piperidine rings is 2. The zero-order chi connectivity index (χ0) is 20.5. The quantitative estimate of drug-likeness (QED) is 0.206. The lowest BCUT2D eigenvalue weighted by atomic mass is 10.1. The summed E-state index contributed by atoms with van der Waals surface area (Å²) >= 11 is 0. The van der Waals surface area contributed by atoms with Crippen LogP contribution >= 0.6 is 0 Å². The molecule has 2 fully saturated rings. The van der Waals surface area contributed by atoms with E-state index in [2.05, 4.69) is 9.68 Å². The van der Waals surface area contributed by atoms with Crippen LogP contribution in [0.4, 0.5) is 0 Å². The van der Waals surface area contributed by atoms with Crippen molar-refractivity contribution in [2.75, 3.05) is 39.4 Å². The van der Waals surface area contributed by atoms with Crippen LogP contribution in [0.5, 0.6) is 0 Å². The topological polar surface area (TPSA) is 178 Å². The number of nitrogens with one attached hydrogen (secondary N) is 2. The standard InChI is InChI=1S/C14H26N4O10/c19-15-5-1-11(2-6-15)25-9-13(27-17(21)22)14(28-18(23)24)10-26-12-3-7-16(20)8-4-12/h11-16H,1-10H2. The van der Waals surface area contributed by atoms with Crippen LogP contribution in [0.3, 0.4) is 0 Å². The van der Waals surface area contributed by atoms with Gasteiger partial charge in [0.25, 0.3) is 10.2 Å². The first-order valence-electron chi connectivity index (χ1n) is 9.22. The highest BCUT2D eigenvalue weighted by atomic mass is 17.0. The van der Waals surface area contributed by atoms with Crippen LogP contribution in [0.2, 0.25) is 0 Å². The van der Waals surface area contributed by atoms with Crippen LogP contribution in [0.15, 0.2) is 0 Å². The van der Waals surface area contributed by atoms with Crippen molar-refractivity contribution in [2.45, 2.75) is 50.1 Å². The highest BCUT2D eigenvalue weighted by molar-refractivity contribution is 4.72. The zero-order valence-electron chi connectivity index (χ0n) is 15.4. The molecule has 0 aromatic rings. The Hall–Kier alpha value is -1.84. The molecule has 2 N–H and O–H groups in total. The first-order valence-corrected chi connectivity index (χ1v) is 9.22. The third-order valence-electron chi connectivity index (χ3n) is 4.83. The number of hydrogen-bond acceptors (Lipinski definition) is 10. The fourth-order valence-corrected chi connectivity index (χ4v) is 3.25. The van der Waals surface area contributed by atoms with Gasteiger partial charge < -0.3 is 39.7 Å². The Kier molecular flexibility index (Phi) is 9.01. The van der Waals surface area contributed by atoms with Gasteiger partial charge in [-0.05, 0) is 0 Å². The second-order valence-electron chi connectivity index (χ2n) is 6.88. The molecule has 0 radical (unpaired) electrons. The average Bonchev–Trinajstić information content (AvgIpc) is 2.64. The molecule has 2 unspecified atom stereocenters. The van der Waals surface area contributed by atoms with Crippen molar-refractivity contribution in [3.8, 4) is 0 Å². The summed E-state index contributed by atoms with van der Waals surface area (Å²) in [6.07, 6.45) is -1.37. The summed E-state index contributed by atoms with van der Waals surface area (Å²) in [6, 6.07) is 0. The van der Waals surface area contributed by atoms with Gasteiger partial charge in [-0.3, -0.25) is 0 Å². The molecule has 0 aliphatic carbocycles. The molecule has 162 valence electrons. The monoisotopic (exact) mass is 410 g/mol. The predicted octanol–water partition coefficient (Wildman–Crippen LogP) is -2.74. The van der Waals surface area contributed by atoms with Crippen LogP contribution in [0.1, 0.15) is 25.7 Å². The van der Waals surface area contributed by atoms with Crippen LogP contribution in [0.25, 0.3) is 0 Å². The largest absolute Gasteiger partial charge is 0.634 e. The highest BCUT2D eigenvalue weighted by Crippen LogP contribution is 2.14. The van der Waals surface area contributed by atoms with E-state index >= 15 is 0 Å². The molecule has 2 saturated heterocycles. The highest BCUT2D eigenvalue weighted by Gasteiger charge is 2.32. The summed E-state index contributed by atoms with van der Waals surface area (Å²) in [6.45, 7) is 0.830. The van der Waals surface area contributed by atoms with Gasteiger partial charge in [-0.2, -0.15) is 0 Å². The van der Waals surface area contributed by atoms with Crippen molar-refractivity contribution in [2.24, 2.45) is 0 Å². The Morgan fingerprint density at radius 1 is 0.750 bits per heavy atom. The van der Waals surface area contributed by atoms with E-state index in [9.17, 15) is 30.6 Å². The SMILES string of the molecule is O=[N+]([O-])OC(COC1CC[NH+]([O-])CC1)C(COC1CC[NH+]([O-])CC1)O[N+](=O)[O-]. The molecule has 2 aliphatic heterocycles. The lowest BCUT2D eigenvalue weighted by molar-refractivity contribution is -0.855. The molecule has 0 aromatic heterocycles. The van der Waals surface area contributed by atoms with E-state index in [0.717, 1.165) is 0 Å². The van der Waals surface area contributed by atoms with Crippen LogP contribution in [-0.2, 0) is 19.1 Å². The van der Waals surface area contributed by atoms with Crippen molar-refractivity contribution >= 4 is 0 Å². The number of rotatable bonds is 11. The lowest BCUT2D eigenvalue weighted by Crippen LogP contribution is -3.08. The summed E-state index contributed by atoms with van der Waals surface area (Å²) in [5, 5.41) is 42.3. The van der Waals surface area contributed by atoms with Crippen LogP contribution < -0.4 is 10.1 Å². The molecule has 0 aromatic carbocycles. The molecule has 2 heterocycles. The van der Waals surface area contributed by atoms with E-state index in [1.54, 1.807) is 0 Å². The molecule has 0 spiro atoms. The Morgan fingerprint density at radius 2 is 1.07 bits per heavy atom. The number of ether oxygens (including phenoxy) is 2. The second kappa shape index (κ2) is 11.2. The van der Waals surface area contributed by atoms with E-state index in [4.69, 9.17) is 9.47 Å². The summed E-state index contributed by atoms with van der Waals surface area (Å²) < 4.78 is 11.2. The van der Waals surface area contributed by atoms with E-state index in [-0.39, 0.29) is 35.5 Å². The normalized spacial score (nSPS) is 30.2. The summed E-state index contributed by atoms with van der Waals surface area (Å²) in [7, 11) is 0. The Labute approximate surface area is 160 Å². The maximum Gasteiger partial charge on any atom is 0.294 e. The summed E-state index contributed by atoms with van der Waals surface area (Å²) in [4.78, 5) is 30.7. The molecule has 2 aliphatic rings. The third kappa shape index (κ3) is 8.04. The van der Waals surface area contributed by atoms with Crippen LogP contribution in [0, 0.1) is 30.6 Å². The van der Waals surface area contributed by atoms with Crippen molar-refractivity contribution in [3.63, 3.8) is 0 Å². The Morgan fingerprint density at radius 3 is 1.36 bits per heavy atom. The fraction of sp³-hybridized carbons (Fsp3) is 1.00. The lowest BCUT2D eigenvalue weighted by Gasteiger charge is -2.33. The van der Waals surface area contributed by atoms with E-state index in [0.29, 0.717) is 51.9 Å². The smallest absolute Gasteiger partial charge is 0.294 e. The minimum Gasteiger partial charge on any atom is -0.634 e. The minimum absolute atomic E-state index is 0.131. The Balaban J connectivity index is 1.91. The van der Waals surface area contributed by atoms with Gasteiger partial charge in [0.15, 0.2) is 12.2 Å². The number of hydrogen-bond donors (Lipinski definition) is 2. The summed E-state index contributed by atoms with van der Waals surface area (Å²) in [5.74, 6) is 0. The molecule has 14 heteroatoms. The number of hydroxylamine groups is 4. The number of quaternary nitrogens is 2. The van der Waals surface area contributed by atoms with Gasteiger partial charge in [0.05, 0.1) is 51.6 Å². The number of nitrogens with zero attached hydrogens (tertiary/aromatic N) is 2. The van der Waals surface area contributed by atoms with Crippen molar-refractivity contribution < 1.29 is 39.4 Å². The molecular weight excluding hydrogens is 384 g/mol. The van der Waals surface area contributed by atoms with Gasteiger partial charge in [0, 0.05) is 25.7 Å². The third-order valence-corrected chi connectivity index (χ3v) is 4.83.